The lowest BCUT2D eigenvalue weighted by Crippen LogP contribution is -2.29. The van der Waals surface area contributed by atoms with Crippen LogP contribution < -0.4 is 0 Å². The maximum atomic E-state index is 13.8. The third-order valence-corrected chi connectivity index (χ3v) is 5.88. The Hall–Kier alpha value is -2.78. The number of aliphatic imine (C=N–C) groups is 1. The average Bonchev–Trinajstić information content (AvgIpc) is 2.78. The zero-order chi connectivity index (χ0) is 23.5. The van der Waals surface area contributed by atoms with Crippen molar-refractivity contribution >= 4 is 12.3 Å². The fraction of sp³-hybridized carbons (Fsp3) is 0.345. The van der Waals surface area contributed by atoms with Crippen LogP contribution in [0.5, 0.6) is 0 Å². The van der Waals surface area contributed by atoms with Gasteiger partial charge in [-0.2, -0.15) is 0 Å². The molecule has 0 amide bonds. The van der Waals surface area contributed by atoms with Gasteiger partial charge in [-0.25, -0.2) is 4.39 Å². The van der Waals surface area contributed by atoms with Crippen molar-refractivity contribution in [2.45, 2.75) is 53.0 Å². The van der Waals surface area contributed by atoms with Crippen molar-refractivity contribution in [2.24, 2.45) is 4.99 Å². The van der Waals surface area contributed by atoms with Crippen LogP contribution >= 0.6 is 0 Å². The SMILES string of the molecule is C=CCCN(CCC)C(C)c1cc(/C(=C/C=C\N=C)Cc2ccc(F)c(C)c2)ccc1C. The van der Waals surface area contributed by atoms with Crippen molar-refractivity contribution in [1.82, 2.24) is 4.90 Å². The summed E-state index contributed by atoms with van der Waals surface area (Å²) in [5.74, 6) is -0.169. The van der Waals surface area contributed by atoms with E-state index in [4.69, 9.17) is 0 Å². The van der Waals surface area contributed by atoms with E-state index in [1.807, 2.05) is 24.3 Å². The van der Waals surface area contributed by atoms with Crippen LogP contribution in [0.25, 0.3) is 5.57 Å². The Morgan fingerprint density at radius 2 is 1.91 bits per heavy atom. The van der Waals surface area contributed by atoms with Crippen molar-refractivity contribution in [2.75, 3.05) is 13.1 Å². The molecule has 0 aromatic heterocycles. The quantitative estimate of drug-likeness (QED) is 0.191. The minimum atomic E-state index is -0.169. The van der Waals surface area contributed by atoms with Crippen LogP contribution in [-0.4, -0.2) is 24.7 Å². The van der Waals surface area contributed by atoms with Gasteiger partial charge in [-0.1, -0.05) is 43.3 Å². The lowest BCUT2D eigenvalue weighted by atomic mass is 9.91. The maximum absolute atomic E-state index is 13.8. The molecule has 0 heterocycles. The number of aryl methyl sites for hydroxylation is 2. The molecule has 32 heavy (non-hydrogen) atoms. The summed E-state index contributed by atoms with van der Waals surface area (Å²) in [6.07, 6.45) is 10.5. The third-order valence-electron chi connectivity index (χ3n) is 5.88. The summed E-state index contributed by atoms with van der Waals surface area (Å²) in [6.45, 7) is 18.0. The third kappa shape index (κ3) is 7.13. The molecule has 170 valence electrons. The van der Waals surface area contributed by atoms with E-state index in [1.165, 1.54) is 16.7 Å². The minimum Gasteiger partial charge on any atom is -0.296 e. The molecule has 2 nitrogen and oxygen atoms in total. The van der Waals surface area contributed by atoms with E-state index in [2.05, 4.69) is 68.2 Å². The first-order valence-electron chi connectivity index (χ1n) is 11.4. The summed E-state index contributed by atoms with van der Waals surface area (Å²) in [5.41, 5.74) is 6.73. The molecule has 0 spiro atoms. The molecule has 2 aromatic rings. The van der Waals surface area contributed by atoms with Crippen LogP contribution in [-0.2, 0) is 6.42 Å². The average molecular weight is 433 g/mol. The molecule has 2 aromatic carbocycles. The van der Waals surface area contributed by atoms with Crippen LogP contribution in [0.4, 0.5) is 4.39 Å². The van der Waals surface area contributed by atoms with Crippen LogP contribution in [0.3, 0.4) is 0 Å². The highest BCUT2D eigenvalue weighted by Gasteiger charge is 2.17. The lowest BCUT2D eigenvalue weighted by molar-refractivity contribution is 0.214. The summed E-state index contributed by atoms with van der Waals surface area (Å²) in [4.78, 5) is 6.36. The molecule has 1 unspecified atom stereocenters. The Kier molecular flexibility index (Phi) is 10.3. The van der Waals surface area contributed by atoms with Crippen molar-refractivity contribution in [3.63, 3.8) is 0 Å². The summed E-state index contributed by atoms with van der Waals surface area (Å²) in [5, 5.41) is 0. The molecule has 0 saturated heterocycles. The van der Waals surface area contributed by atoms with Gasteiger partial charge in [0.15, 0.2) is 0 Å². The van der Waals surface area contributed by atoms with Gasteiger partial charge < -0.3 is 0 Å². The first-order chi connectivity index (χ1) is 15.4. The summed E-state index contributed by atoms with van der Waals surface area (Å²) in [6, 6.07) is 12.3. The van der Waals surface area contributed by atoms with Gasteiger partial charge in [0.25, 0.3) is 0 Å². The molecule has 0 radical (unpaired) electrons. The molecular formula is C29H37FN2. The normalized spacial score (nSPS) is 13.0. The molecular weight excluding hydrogens is 395 g/mol. The van der Waals surface area contributed by atoms with E-state index in [1.54, 1.807) is 19.2 Å². The van der Waals surface area contributed by atoms with Crippen molar-refractivity contribution < 1.29 is 4.39 Å². The fourth-order valence-corrected chi connectivity index (χ4v) is 4.04. The van der Waals surface area contributed by atoms with Gasteiger partial charge in [0, 0.05) is 18.8 Å². The lowest BCUT2D eigenvalue weighted by Gasteiger charge is -2.30. The molecule has 0 saturated carbocycles. The van der Waals surface area contributed by atoms with Crippen LogP contribution in [0.15, 0.2) is 72.4 Å². The smallest absolute Gasteiger partial charge is 0.126 e. The van der Waals surface area contributed by atoms with E-state index >= 15 is 0 Å². The second-order valence-corrected chi connectivity index (χ2v) is 8.34. The van der Waals surface area contributed by atoms with Gasteiger partial charge >= 0.3 is 0 Å². The van der Waals surface area contributed by atoms with Gasteiger partial charge in [-0.15, -0.1) is 6.58 Å². The number of rotatable bonds is 12. The molecule has 1 atom stereocenters. The Balaban J connectivity index is 2.44. The van der Waals surface area contributed by atoms with E-state index < -0.39 is 0 Å². The summed E-state index contributed by atoms with van der Waals surface area (Å²) in [7, 11) is 0. The molecule has 0 N–H and O–H groups in total. The number of hydrogen-bond acceptors (Lipinski definition) is 2. The number of hydrogen-bond donors (Lipinski definition) is 0. The van der Waals surface area contributed by atoms with Crippen LogP contribution in [0, 0.1) is 19.7 Å². The monoisotopic (exact) mass is 432 g/mol. The topological polar surface area (TPSA) is 15.6 Å². The first kappa shape index (κ1) is 25.5. The first-order valence-corrected chi connectivity index (χ1v) is 11.4. The number of benzene rings is 2. The van der Waals surface area contributed by atoms with Crippen LogP contribution in [0.2, 0.25) is 0 Å². The number of allylic oxidation sites excluding steroid dienone is 3. The Bertz CT molecular complexity index is 971. The molecule has 0 aliphatic carbocycles. The molecule has 0 aliphatic rings. The van der Waals surface area contributed by atoms with E-state index in [-0.39, 0.29) is 5.82 Å². The van der Waals surface area contributed by atoms with E-state index in [0.29, 0.717) is 18.0 Å². The molecule has 0 aliphatic heterocycles. The zero-order valence-corrected chi connectivity index (χ0v) is 20.1. The highest BCUT2D eigenvalue weighted by atomic mass is 19.1. The summed E-state index contributed by atoms with van der Waals surface area (Å²) >= 11 is 0. The predicted octanol–water partition coefficient (Wildman–Crippen LogP) is 7.63. The standard InChI is InChI=1S/C29H37FN2/c1-7-9-18-32(17-8-2)24(5)28-21-27(14-12-22(28)3)26(11-10-16-31-6)20-25-13-15-29(30)23(4)19-25/h7,10-16,19,21,24H,1,6,8-9,17-18,20H2,2-5H3/b16-10-,26-11+. The van der Waals surface area contributed by atoms with Crippen molar-refractivity contribution in [3.8, 4) is 0 Å². The second-order valence-electron chi connectivity index (χ2n) is 8.34. The van der Waals surface area contributed by atoms with E-state index in [9.17, 15) is 4.39 Å². The maximum Gasteiger partial charge on any atom is 0.126 e. The zero-order valence-electron chi connectivity index (χ0n) is 20.1. The predicted molar refractivity (Wildman–Crippen MR) is 138 cm³/mol. The van der Waals surface area contributed by atoms with Crippen molar-refractivity contribution in [3.05, 3.63) is 101 Å². The molecule has 0 fully saturated rings. The van der Waals surface area contributed by atoms with E-state index in [0.717, 1.165) is 37.1 Å². The number of nitrogens with zero attached hydrogens (tertiary/aromatic N) is 2. The van der Waals surface area contributed by atoms with Crippen LogP contribution in [0.1, 0.15) is 60.5 Å². The second kappa shape index (κ2) is 12.9. The van der Waals surface area contributed by atoms with Gasteiger partial charge in [-0.05, 0) is 105 Å². The fourth-order valence-electron chi connectivity index (χ4n) is 4.04. The minimum absolute atomic E-state index is 0.169. The highest BCUT2D eigenvalue weighted by molar-refractivity contribution is 5.70. The van der Waals surface area contributed by atoms with Crippen molar-refractivity contribution in [1.29, 1.82) is 0 Å². The Labute approximate surface area is 193 Å². The van der Waals surface area contributed by atoms with Gasteiger partial charge in [0.05, 0.1) is 0 Å². The Morgan fingerprint density at radius 1 is 1.12 bits per heavy atom. The Morgan fingerprint density at radius 3 is 2.56 bits per heavy atom. The molecule has 0 bridgehead atoms. The molecule has 2 rings (SSSR count). The molecule has 3 heteroatoms. The highest BCUT2D eigenvalue weighted by Crippen LogP contribution is 2.29. The van der Waals surface area contributed by atoms with Gasteiger partial charge in [0.1, 0.15) is 5.82 Å². The van der Waals surface area contributed by atoms with Gasteiger partial charge in [0.2, 0.25) is 0 Å². The summed E-state index contributed by atoms with van der Waals surface area (Å²) < 4.78 is 13.8. The largest absolute Gasteiger partial charge is 0.296 e. The number of halogens is 1. The van der Waals surface area contributed by atoms with Gasteiger partial charge in [-0.3, -0.25) is 9.89 Å².